The van der Waals surface area contributed by atoms with E-state index in [2.05, 4.69) is 30.1 Å². The van der Waals surface area contributed by atoms with Crippen LogP contribution in [0.3, 0.4) is 0 Å². The maximum absolute atomic E-state index is 13.3. The number of carbonyl (C=O) groups is 1. The molecule has 2 aromatic heterocycles. The highest BCUT2D eigenvalue weighted by atomic mass is 19.1. The molecule has 1 amide bonds. The lowest BCUT2D eigenvalue weighted by Crippen LogP contribution is -2.47. The van der Waals surface area contributed by atoms with Crippen molar-refractivity contribution in [2.24, 2.45) is 0 Å². The van der Waals surface area contributed by atoms with E-state index in [4.69, 9.17) is 0 Å². The second-order valence-corrected chi connectivity index (χ2v) is 6.39. The van der Waals surface area contributed by atoms with Gasteiger partial charge in [-0.05, 0) is 36.4 Å². The molecule has 1 fully saturated rings. The Bertz CT molecular complexity index is 960. The second-order valence-electron chi connectivity index (χ2n) is 6.39. The third-order valence-corrected chi connectivity index (χ3v) is 4.53. The molecule has 3 heterocycles. The summed E-state index contributed by atoms with van der Waals surface area (Å²) in [6.07, 6.45) is 5.08. The third kappa shape index (κ3) is 4.06. The van der Waals surface area contributed by atoms with Crippen molar-refractivity contribution in [1.29, 1.82) is 0 Å². The van der Waals surface area contributed by atoms with Gasteiger partial charge in [-0.25, -0.2) is 19.3 Å². The van der Waals surface area contributed by atoms with Crippen molar-refractivity contribution in [3.05, 3.63) is 72.4 Å². The van der Waals surface area contributed by atoms with E-state index in [1.165, 1.54) is 12.1 Å². The fourth-order valence-electron chi connectivity index (χ4n) is 3.09. The summed E-state index contributed by atoms with van der Waals surface area (Å²) in [5.74, 6) is 0.762. The summed E-state index contributed by atoms with van der Waals surface area (Å²) in [4.78, 5) is 29.7. The molecule has 0 bridgehead atoms. The lowest BCUT2D eigenvalue weighted by Gasteiger charge is -2.35. The summed E-state index contributed by atoms with van der Waals surface area (Å²) < 4.78 is 13.3. The Hall–Kier alpha value is -3.55. The van der Waals surface area contributed by atoms with Crippen LogP contribution in [-0.4, -0.2) is 47.0 Å². The van der Waals surface area contributed by atoms with Gasteiger partial charge in [0.1, 0.15) is 11.6 Å². The van der Waals surface area contributed by atoms with Crippen LogP contribution in [0.1, 0.15) is 10.4 Å². The number of piperazine rings is 1. The van der Waals surface area contributed by atoms with Gasteiger partial charge in [0.05, 0.1) is 0 Å². The molecule has 0 unspecified atom stereocenters. The summed E-state index contributed by atoms with van der Waals surface area (Å²) in [5.41, 5.74) is 0.892. The first-order valence-electron chi connectivity index (χ1n) is 8.99. The Morgan fingerprint density at radius 1 is 0.893 bits per heavy atom. The zero-order valence-corrected chi connectivity index (χ0v) is 15.1. The van der Waals surface area contributed by atoms with Crippen molar-refractivity contribution < 1.29 is 9.18 Å². The first kappa shape index (κ1) is 17.8. The molecule has 1 saturated heterocycles. The molecular formula is C20H19FN6O. The first-order chi connectivity index (χ1) is 13.7. The molecule has 0 radical (unpaired) electrons. The van der Waals surface area contributed by atoms with E-state index in [9.17, 15) is 9.18 Å². The molecule has 1 aliphatic heterocycles. The Morgan fingerprint density at radius 3 is 2.39 bits per heavy atom. The summed E-state index contributed by atoms with van der Waals surface area (Å²) in [6.45, 7) is 3.04. The average molecular weight is 378 g/mol. The number of rotatable bonds is 4. The minimum absolute atomic E-state index is 0.300. The third-order valence-electron chi connectivity index (χ3n) is 4.53. The van der Waals surface area contributed by atoms with Gasteiger partial charge < -0.3 is 15.1 Å². The van der Waals surface area contributed by atoms with Crippen LogP contribution < -0.4 is 15.1 Å². The SMILES string of the molecule is O=C(Nc1cccc(F)c1)c1ccnc(N2CCN(c3ncccn3)CC2)c1. The van der Waals surface area contributed by atoms with Crippen LogP contribution in [0.2, 0.25) is 0 Å². The summed E-state index contributed by atoms with van der Waals surface area (Å²) in [6, 6.07) is 11.0. The fourth-order valence-corrected chi connectivity index (χ4v) is 3.09. The molecule has 7 nitrogen and oxygen atoms in total. The molecule has 4 rings (SSSR count). The molecule has 0 atom stereocenters. The van der Waals surface area contributed by atoms with Gasteiger partial charge in [0.2, 0.25) is 5.95 Å². The quantitative estimate of drug-likeness (QED) is 0.752. The molecule has 0 aliphatic carbocycles. The number of carbonyl (C=O) groups excluding carboxylic acids is 1. The van der Waals surface area contributed by atoms with Crippen molar-refractivity contribution in [2.75, 3.05) is 41.3 Å². The number of anilines is 3. The topological polar surface area (TPSA) is 74.2 Å². The van der Waals surface area contributed by atoms with Crippen molar-refractivity contribution >= 4 is 23.4 Å². The molecule has 28 heavy (non-hydrogen) atoms. The molecule has 1 N–H and O–H groups in total. The summed E-state index contributed by atoms with van der Waals surface area (Å²) in [7, 11) is 0. The molecule has 0 spiro atoms. The lowest BCUT2D eigenvalue weighted by atomic mass is 10.2. The van der Waals surface area contributed by atoms with Crippen molar-refractivity contribution in [3.63, 3.8) is 0 Å². The van der Waals surface area contributed by atoms with Gasteiger partial charge in [-0.15, -0.1) is 0 Å². The number of halogens is 1. The molecule has 1 aromatic carbocycles. The van der Waals surface area contributed by atoms with E-state index in [0.717, 1.165) is 37.9 Å². The standard InChI is InChI=1S/C20H19FN6O/c21-16-3-1-4-17(14-16)25-19(28)15-5-8-22-18(13-15)26-9-11-27(12-10-26)20-23-6-2-7-24-20/h1-8,13-14H,9-12H2,(H,25,28). The number of hydrogen-bond donors (Lipinski definition) is 1. The van der Waals surface area contributed by atoms with Crippen LogP contribution in [-0.2, 0) is 0 Å². The fraction of sp³-hybridized carbons (Fsp3) is 0.200. The number of amides is 1. The van der Waals surface area contributed by atoms with Crippen LogP contribution in [0.5, 0.6) is 0 Å². The van der Waals surface area contributed by atoms with Gasteiger partial charge in [0, 0.05) is 56.0 Å². The predicted molar refractivity (Wildman–Crippen MR) is 105 cm³/mol. The Balaban J connectivity index is 1.42. The first-order valence-corrected chi connectivity index (χ1v) is 8.99. The van der Waals surface area contributed by atoms with E-state index in [-0.39, 0.29) is 5.91 Å². The zero-order chi connectivity index (χ0) is 19.3. The van der Waals surface area contributed by atoms with Gasteiger partial charge in [-0.3, -0.25) is 4.79 Å². The number of nitrogens with one attached hydrogen (secondary N) is 1. The highest BCUT2D eigenvalue weighted by Gasteiger charge is 2.20. The molecular weight excluding hydrogens is 359 g/mol. The van der Waals surface area contributed by atoms with E-state index in [1.807, 2.05) is 0 Å². The van der Waals surface area contributed by atoms with Crippen LogP contribution >= 0.6 is 0 Å². The average Bonchev–Trinajstić information content (AvgIpc) is 2.75. The number of aromatic nitrogens is 3. The van der Waals surface area contributed by atoms with Gasteiger partial charge in [-0.1, -0.05) is 6.07 Å². The summed E-state index contributed by atoms with van der Waals surface area (Å²) >= 11 is 0. The maximum atomic E-state index is 13.3. The number of hydrogen-bond acceptors (Lipinski definition) is 6. The minimum atomic E-state index is -0.395. The van der Waals surface area contributed by atoms with Gasteiger partial charge in [0.15, 0.2) is 0 Å². The Labute approximate surface area is 161 Å². The Kier molecular flexibility index (Phi) is 5.09. The van der Waals surface area contributed by atoms with Crippen LogP contribution in [0.15, 0.2) is 61.1 Å². The van der Waals surface area contributed by atoms with Crippen LogP contribution in [0.4, 0.5) is 21.8 Å². The van der Waals surface area contributed by atoms with E-state index in [1.54, 1.807) is 48.9 Å². The second kappa shape index (κ2) is 7.99. The van der Waals surface area contributed by atoms with E-state index >= 15 is 0 Å². The van der Waals surface area contributed by atoms with E-state index in [0.29, 0.717) is 11.3 Å². The lowest BCUT2D eigenvalue weighted by molar-refractivity contribution is 0.102. The van der Waals surface area contributed by atoms with Gasteiger partial charge in [-0.2, -0.15) is 0 Å². The van der Waals surface area contributed by atoms with Crippen LogP contribution in [0, 0.1) is 5.82 Å². The van der Waals surface area contributed by atoms with Crippen LogP contribution in [0.25, 0.3) is 0 Å². The Morgan fingerprint density at radius 2 is 1.64 bits per heavy atom. The predicted octanol–water partition coefficient (Wildman–Crippen LogP) is 2.59. The smallest absolute Gasteiger partial charge is 0.255 e. The monoisotopic (exact) mass is 378 g/mol. The number of benzene rings is 1. The van der Waals surface area contributed by atoms with Crippen molar-refractivity contribution in [3.8, 4) is 0 Å². The van der Waals surface area contributed by atoms with Gasteiger partial charge >= 0.3 is 0 Å². The molecule has 3 aromatic rings. The van der Waals surface area contributed by atoms with Crippen molar-refractivity contribution in [1.82, 2.24) is 15.0 Å². The van der Waals surface area contributed by atoms with Gasteiger partial charge in [0.25, 0.3) is 5.91 Å². The number of pyridine rings is 1. The van der Waals surface area contributed by atoms with E-state index < -0.39 is 5.82 Å². The molecule has 0 saturated carbocycles. The largest absolute Gasteiger partial charge is 0.353 e. The highest BCUT2D eigenvalue weighted by molar-refractivity contribution is 6.04. The highest BCUT2D eigenvalue weighted by Crippen LogP contribution is 2.18. The summed E-state index contributed by atoms with van der Waals surface area (Å²) in [5, 5.41) is 2.71. The molecule has 8 heteroatoms. The number of nitrogens with zero attached hydrogens (tertiary/aromatic N) is 5. The van der Waals surface area contributed by atoms with Crippen molar-refractivity contribution in [2.45, 2.75) is 0 Å². The zero-order valence-electron chi connectivity index (χ0n) is 15.1. The molecule has 142 valence electrons. The minimum Gasteiger partial charge on any atom is -0.353 e. The normalized spacial score (nSPS) is 14.0. The molecule has 1 aliphatic rings. The maximum Gasteiger partial charge on any atom is 0.255 e.